The standard InChI is InChI=1S/C18H29N3O7/c1-21(2,11-10-19-18(23)9-6-12-28-20(24)25)13-15(22)14-27-17-8-5-4-7-16(17)26-3/h4-5,7-8,15,22H,6,9-14H2,1-3H3/p+1. The second-order valence-electron chi connectivity index (χ2n) is 6.97. The Morgan fingerprint density at radius 3 is 2.64 bits per heavy atom. The number of rotatable bonds is 14. The molecule has 10 nitrogen and oxygen atoms in total. The van der Waals surface area contributed by atoms with Crippen molar-refractivity contribution < 1.29 is 33.8 Å². The summed E-state index contributed by atoms with van der Waals surface area (Å²) in [7, 11) is 5.45. The van der Waals surface area contributed by atoms with Gasteiger partial charge in [0.2, 0.25) is 5.91 Å². The van der Waals surface area contributed by atoms with Crippen molar-refractivity contribution in [3.8, 4) is 11.5 Å². The van der Waals surface area contributed by atoms with Crippen molar-refractivity contribution in [1.29, 1.82) is 0 Å². The van der Waals surface area contributed by atoms with Crippen molar-refractivity contribution in [2.75, 3.05) is 54.1 Å². The number of aliphatic hydroxyl groups is 1. The Balaban J connectivity index is 2.26. The van der Waals surface area contributed by atoms with Crippen molar-refractivity contribution in [3.05, 3.63) is 34.4 Å². The number of benzene rings is 1. The minimum atomic E-state index is -0.874. The van der Waals surface area contributed by atoms with Crippen LogP contribution in [0.25, 0.3) is 0 Å². The zero-order valence-electron chi connectivity index (χ0n) is 16.6. The lowest BCUT2D eigenvalue weighted by Gasteiger charge is -2.31. The normalized spacial score (nSPS) is 12.1. The molecule has 0 spiro atoms. The smallest absolute Gasteiger partial charge is 0.294 e. The number of ether oxygens (including phenoxy) is 2. The molecule has 0 aromatic heterocycles. The van der Waals surface area contributed by atoms with Crippen molar-refractivity contribution in [2.45, 2.75) is 18.9 Å². The summed E-state index contributed by atoms with van der Waals surface area (Å²) in [5.74, 6) is 0.990. The number of methoxy groups -OCH3 is 1. The Morgan fingerprint density at radius 2 is 2.00 bits per heavy atom. The van der Waals surface area contributed by atoms with Gasteiger partial charge in [-0.15, -0.1) is 10.1 Å². The van der Waals surface area contributed by atoms with E-state index >= 15 is 0 Å². The molecule has 0 saturated carbocycles. The minimum Gasteiger partial charge on any atom is -0.493 e. The van der Waals surface area contributed by atoms with Gasteiger partial charge in [0.1, 0.15) is 19.3 Å². The van der Waals surface area contributed by atoms with E-state index in [1.165, 1.54) is 0 Å². The Bertz CT molecular complexity index is 625. The number of hydrogen-bond donors (Lipinski definition) is 2. The van der Waals surface area contributed by atoms with Crippen molar-refractivity contribution in [3.63, 3.8) is 0 Å². The highest BCUT2D eigenvalue weighted by molar-refractivity contribution is 5.75. The first-order valence-corrected chi connectivity index (χ1v) is 9.03. The van der Waals surface area contributed by atoms with Gasteiger partial charge in [-0.25, -0.2) is 0 Å². The summed E-state index contributed by atoms with van der Waals surface area (Å²) in [4.78, 5) is 25.9. The molecule has 10 heteroatoms. The van der Waals surface area contributed by atoms with E-state index in [-0.39, 0.29) is 32.0 Å². The first-order chi connectivity index (χ1) is 13.2. The van der Waals surface area contributed by atoms with Gasteiger partial charge in [0.05, 0.1) is 40.9 Å². The highest BCUT2D eigenvalue weighted by Gasteiger charge is 2.21. The molecule has 0 aliphatic rings. The zero-order chi connectivity index (χ0) is 21.0. The summed E-state index contributed by atoms with van der Waals surface area (Å²) in [6.45, 7) is 1.53. The molecule has 0 bridgehead atoms. The fraction of sp³-hybridized carbons (Fsp3) is 0.611. The van der Waals surface area contributed by atoms with Gasteiger partial charge in [-0.05, 0) is 18.6 Å². The molecule has 1 unspecified atom stereocenters. The van der Waals surface area contributed by atoms with Gasteiger partial charge >= 0.3 is 0 Å². The first-order valence-electron chi connectivity index (χ1n) is 9.03. The van der Waals surface area contributed by atoms with Crippen LogP contribution in [0, 0.1) is 10.1 Å². The predicted octanol–water partition coefficient (Wildman–Crippen LogP) is 0.616. The third-order valence-electron chi connectivity index (χ3n) is 3.99. The van der Waals surface area contributed by atoms with Crippen LogP contribution in [0.5, 0.6) is 11.5 Å². The van der Waals surface area contributed by atoms with Crippen LogP contribution in [0.1, 0.15) is 12.8 Å². The SMILES string of the molecule is COc1ccccc1OCC(O)C[N+](C)(C)CCNC(=O)CCCO[N+](=O)[O-]. The maximum Gasteiger partial charge on any atom is 0.294 e. The number of nitrogens with one attached hydrogen (secondary N) is 1. The number of hydrogen-bond acceptors (Lipinski definition) is 7. The monoisotopic (exact) mass is 400 g/mol. The number of carbonyl (C=O) groups excluding carboxylic acids is 1. The molecule has 0 radical (unpaired) electrons. The van der Waals surface area contributed by atoms with Crippen molar-refractivity contribution >= 4 is 5.91 Å². The lowest BCUT2D eigenvalue weighted by molar-refractivity contribution is -0.892. The van der Waals surface area contributed by atoms with Crippen LogP contribution < -0.4 is 14.8 Å². The fourth-order valence-electron chi connectivity index (χ4n) is 2.60. The van der Waals surface area contributed by atoms with E-state index in [1.807, 2.05) is 26.2 Å². The van der Waals surface area contributed by atoms with Crippen molar-refractivity contribution in [1.82, 2.24) is 5.32 Å². The van der Waals surface area contributed by atoms with E-state index in [0.29, 0.717) is 35.6 Å². The Kier molecular flexibility index (Phi) is 10.0. The second-order valence-corrected chi connectivity index (χ2v) is 6.97. The number of likely N-dealkylation sites (N-methyl/N-ethyl adjacent to an activating group) is 1. The summed E-state index contributed by atoms with van der Waals surface area (Å²) in [5.41, 5.74) is 0. The number of amides is 1. The molecule has 0 heterocycles. The van der Waals surface area contributed by atoms with Crippen LogP contribution in [0.3, 0.4) is 0 Å². The number of quaternary nitrogens is 1. The van der Waals surface area contributed by atoms with Crippen LogP contribution in [-0.4, -0.2) is 80.7 Å². The van der Waals surface area contributed by atoms with E-state index in [0.717, 1.165) is 0 Å². The summed E-state index contributed by atoms with van der Waals surface area (Å²) in [6, 6.07) is 7.23. The van der Waals surface area contributed by atoms with Crippen molar-refractivity contribution in [2.24, 2.45) is 0 Å². The summed E-state index contributed by atoms with van der Waals surface area (Å²) in [5, 5.41) is 22.2. The number of carbonyl (C=O) groups is 1. The second kappa shape index (κ2) is 12.0. The molecule has 0 aliphatic carbocycles. The molecule has 1 rings (SSSR count). The maximum atomic E-state index is 11.7. The van der Waals surface area contributed by atoms with Gasteiger partial charge in [0, 0.05) is 6.42 Å². The molecule has 1 amide bonds. The van der Waals surface area contributed by atoms with E-state index in [9.17, 15) is 20.0 Å². The molecule has 0 aliphatic heterocycles. The lowest BCUT2D eigenvalue weighted by Crippen LogP contribution is -2.50. The highest BCUT2D eigenvalue weighted by Crippen LogP contribution is 2.25. The molecule has 0 saturated heterocycles. The average Bonchev–Trinajstić information content (AvgIpc) is 2.63. The molecule has 2 N–H and O–H groups in total. The molecule has 1 atom stereocenters. The third kappa shape index (κ3) is 9.93. The van der Waals surface area contributed by atoms with Gasteiger partial charge in [0.15, 0.2) is 11.5 Å². The highest BCUT2D eigenvalue weighted by atomic mass is 16.9. The zero-order valence-corrected chi connectivity index (χ0v) is 16.6. The molecule has 0 fully saturated rings. The van der Waals surface area contributed by atoms with Crippen LogP contribution in [-0.2, 0) is 9.63 Å². The van der Waals surface area contributed by atoms with Gasteiger partial charge in [-0.2, -0.15) is 0 Å². The topological polar surface area (TPSA) is 120 Å². The Hall–Kier alpha value is -2.59. The van der Waals surface area contributed by atoms with Gasteiger partial charge in [-0.1, -0.05) is 12.1 Å². The van der Waals surface area contributed by atoms with Crippen LogP contribution in [0.2, 0.25) is 0 Å². The summed E-state index contributed by atoms with van der Waals surface area (Å²) in [6.07, 6.45) is -0.240. The van der Waals surface area contributed by atoms with Gasteiger partial charge < -0.3 is 29.2 Å². The van der Waals surface area contributed by atoms with Crippen LogP contribution in [0.15, 0.2) is 24.3 Å². The van der Waals surface area contributed by atoms with E-state index in [4.69, 9.17) is 9.47 Å². The molecular formula is C18H30N3O7+. The molecule has 158 valence electrons. The van der Waals surface area contributed by atoms with Gasteiger partial charge in [-0.3, -0.25) is 4.79 Å². The Labute approximate surface area is 164 Å². The quantitative estimate of drug-likeness (QED) is 0.203. The summed E-state index contributed by atoms with van der Waals surface area (Å²) < 4.78 is 11.3. The van der Waals surface area contributed by atoms with E-state index < -0.39 is 11.2 Å². The minimum absolute atomic E-state index is 0.0969. The van der Waals surface area contributed by atoms with Crippen LogP contribution in [0.4, 0.5) is 0 Å². The summed E-state index contributed by atoms with van der Waals surface area (Å²) >= 11 is 0. The third-order valence-corrected chi connectivity index (χ3v) is 3.99. The van der Waals surface area contributed by atoms with E-state index in [2.05, 4.69) is 10.2 Å². The van der Waals surface area contributed by atoms with Gasteiger partial charge in [0.25, 0.3) is 5.09 Å². The van der Waals surface area contributed by atoms with E-state index in [1.54, 1.807) is 19.2 Å². The molecule has 1 aromatic rings. The largest absolute Gasteiger partial charge is 0.493 e. The number of aliphatic hydroxyl groups excluding tert-OH is 1. The molecule has 28 heavy (non-hydrogen) atoms. The lowest BCUT2D eigenvalue weighted by atomic mass is 10.3. The number of para-hydroxylation sites is 2. The maximum absolute atomic E-state index is 11.7. The predicted molar refractivity (Wildman–Crippen MR) is 102 cm³/mol. The molecule has 1 aromatic carbocycles. The fourth-order valence-corrected chi connectivity index (χ4v) is 2.60. The first kappa shape index (κ1) is 23.4. The van der Waals surface area contributed by atoms with Crippen LogP contribution >= 0.6 is 0 Å². The average molecular weight is 400 g/mol. The molecular weight excluding hydrogens is 370 g/mol. The Morgan fingerprint density at radius 1 is 1.32 bits per heavy atom. The number of nitrogens with zero attached hydrogens (tertiary/aromatic N) is 2.